The van der Waals surface area contributed by atoms with E-state index in [1.165, 1.54) is 18.4 Å². The second-order valence-corrected chi connectivity index (χ2v) is 8.57. The standard InChI is InChI=1S/C23H38N4O2.HI/c1-17(2)27(21-7-8-21)11-10-25-23(24-4)26-14-20-6-5-18(3)13-22(20)29-16-19-9-12-28-15-19;/h5-6,13,17,19,21H,7-12,14-16H2,1-4H3,(H2,24,25,26);1H. The number of benzene rings is 1. The van der Waals surface area contributed by atoms with E-state index in [1.807, 2.05) is 7.05 Å². The Hall–Kier alpha value is -1.06. The summed E-state index contributed by atoms with van der Waals surface area (Å²) in [6, 6.07) is 7.78. The highest BCUT2D eigenvalue weighted by Crippen LogP contribution is 2.28. The van der Waals surface area contributed by atoms with Crippen molar-refractivity contribution in [3.05, 3.63) is 29.3 Å². The maximum atomic E-state index is 6.15. The minimum Gasteiger partial charge on any atom is -0.493 e. The maximum absolute atomic E-state index is 6.15. The molecule has 0 spiro atoms. The lowest BCUT2D eigenvalue weighted by Crippen LogP contribution is -2.43. The SMILES string of the molecule is CN=C(NCCN(C(C)C)C1CC1)NCc1ccc(C)cc1OCC1CCOC1.I. The summed E-state index contributed by atoms with van der Waals surface area (Å²) < 4.78 is 11.6. The molecule has 1 unspecified atom stereocenters. The lowest BCUT2D eigenvalue weighted by Gasteiger charge is -2.26. The van der Waals surface area contributed by atoms with Gasteiger partial charge in [0.15, 0.2) is 5.96 Å². The second kappa shape index (κ2) is 12.7. The van der Waals surface area contributed by atoms with Crippen LogP contribution < -0.4 is 15.4 Å². The first-order valence-electron chi connectivity index (χ1n) is 11.1. The molecule has 2 N–H and O–H groups in total. The van der Waals surface area contributed by atoms with E-state index in [4.69, 9.17) is 9.47 Å². The first-order valence-corrected chi connectivity index (χ1v) is 11.1. The van der Waals surface area contributed by atoms with Crippen LogP contribution >= 0.6 is 24.0 Å². The van der Waals surface area contributed by atoms with E-state index in [1.54, 1.807) is 0 Å². The van der Waals surface area contributed by atoms with Gasteiger partial charge in [0.1, 0.15) is 5.75 Å². The van der Waals surface area contributed by atoms with E-state index in [2.05, 4.69) is 59.5 Å². The zero-order valence-corrected chi connectivity index (χ0v) is 21.3. The smallest absolute Gasteiger partial charge is 0.191 e. The Morgan fingerprint density at radius 2 is 2.07 bits per heavy atom. The van der Waals surface area contributed by atoms with Gasteiger partial charge >= 0.3 is 0 Å². The molecule has 7 heteroatoms. The van der Waals surface area contributed by atoms with Crippen molar-refractivity contribution < 1.29 is 9.47 Å². The molecule has 0 aromatic heterocycles. The quantitative estimate of drug-likeness (QED) is 0.275. The highest BCUT2D eigenvalue weighted by molar-refractivity contribution is 14.0. The molecule has 1 aliphatic heterocycles. The molecule has 1 aromatic carbocycles. The topological polar surface area (TPSA) is 58.1 Å². The number of halogens is 1. The van der Waals surface area contributed by atoms with Crippen LogP contribution in [0.25, 0.3) is 0 Å². The molecule has 30 heavy (non-hydrogen) atoms. The molecule has 2 fully saturated rings. The predicted octanol–water partition coefficient (Wildman–Crippen LogP) is 3.57. The number of aryl methyl sites for hydroxylation is 1. The van der Waals surface area contributed by atoms with Crippen LogP contribution in [0.1, 0.15) is 44.2 Å². The summed E-state index contributed by atoms with van der Waals surface area (Å²) in [5.74, 6) is 2.29. The van der Waals surface area contributed by atoms with E-state index in [-0.39, 0.29) is 24.0 Å². The molecular weight excluding hydrogens is 491 g/mol. The van der Waals surface area contributed by atoms with Gasteiger partial charge in [0.25, 0.3) is 0 Å². The largest absolute Gasteiger partial charge is 0.493 e. The van der Waals surface area contributed by atoms with Gasteiger partial charge in [0.2, 0.25) is 0 Å². The van der Waals surface area contributed by atoms with Crippen molar-refractivity contribution in [3.8, 4) is 5.75 Å². The molecule has 3 rings (SSSR count). The van der Waals surface area contributed by atoms with Crippen molar-refractivity contribution in [1.29, 1.82) is 0 Å². The molecule has 0 bridgehead atoms. The molecule has 2 aliphatic rings. The summed E-state index contributed by atoms with van der Waals surface area (Å²) in [6.07, 6.45) is 3.77. The minimum absolute atomic E-state index is 0. The van der Waals surface area contributed by atoms with E-state index in [0.29, 0.717) is 18.5 Å². The zero-order valence-electron chi connectivity index (χ0n) is 18.9. The molecule has 1 heterocycles. The fourth-order valence-electron chi connectivity index (χ4n) is 3.84. The van der Waals surface area contributed by atoms with Crippen molar-refractivity contribution in [2.45, 2.75) is 58.7 Å². The fourth-order valence-corrected chi connectivity index (χ4v) is 3.84. The van der Waals surface area contributed by atoms with Gasteiger partial charge < -0.3 is 20.1 Å². The summed E-state index contributed by atoms with van der Waals surface area (Å²) in [5, 5.41) is 6.89. The summed E-state index contributed by atoms with van der Waals surface area (Å²) >= 11 is 0. The van der Waals surface area contributed by atoms with Crippen LogP contribution in [0, 0.1) is 12.8 Å². The van der Waals surface area contributed by atoms with Crippen LogP contribution in [0.4, 0.5) is 0 Å². The predicted molar refractivity (Wildman–Crippen MR) is 134 cm³/mol. The molecule has 1 aromatic rings. The average molecular weight is 530 g/mol. The Morgan fingerprint density at radius 1 is 1.27 bits per heavy atom. The Labute approximate surface area is 199 Å². The third-order valence-corrected chi connectivity index (χ3v) is 5.73. The molecule has 1 atom stereocenters. The number of ether oxygens (including phenoxy) is 2. The summed E-state index contributed by atoms with van der Waals surface area (Å²) in [6.45, 7) is 11.7. The molecule has 1 saturated heterocycles. The molecule has 1 aliphatic carbocycles. The Balaban J connectivity index is 0.00000320. The lowest BCUT2D eigenvalue weighted by atomic mass is 10.1. The number of nitrogens with one attached hydrogen (secondary N) is 2. The Bertz CT molecular complexity index is 671. The third kappa shape index (κ3) is 7.89. The number of rotatable bonds is 10. The minimum atomic E-state index is 0. The van der Waals surface area contributed by atoms with E-state index >= 15 is 0 Å². The first kappa shape index (κ1) is 25.2. The van der Waals surface area contributed by atoms with Gasteiger partial charge in [-0.2, -0.15) is 0 Å². The van der Waals surface area contributed by atoms with E-state index < -0.39 is 0 Å². The van der Waals surface area contributed by atoms with Gasteiger partial charge in [-0.05, 0) is 51.7 Å². The van der Waals surface area contributed by atoms with Gasteiger partial charge in [-0.3, -0.25) is 9.89 Å². The van der Waals surface area contributed by atoms with E-state index in [9.17, 15) is 0 Å². The Morgan fingerprint density at radius 3 is 2.70 bits per heavy atom. The molecule has 1 saturated carbocycles. The molecule has 170 valence electrons. The summed E-state index contributed by atoms with van der Waals surface area (Å²) in [4.78, 5) is 6.96. The number of aliphatic imine (C=N–C) groups is 1. The second-order valence-electron chi connectivity index (χ2n) is 8.57. The van der Waals surface area contributed by atoms with Crippen molar-refractivity contribution in [1.82, 2.24) is 15.5 Å². The average Bonchev–Trinajstić information content (AvgIpc) is 3.40. The first-order chi connectivity index (χ1) is 14.1. The molecular formula is C23H39IN4O2. The van der Waals surface area contributed by atoms with Crippen molar-refractivity contribution in [2.24, 2.45) is 10.9 Å². The zero-order chi connectivity index (χ0) is 20.6. The molecule has 6 nitrogen and oxygen atoms in total. The highest BCUT2D eigenvalue weighted by Gasteiger charge is 2.30. The monoisotopic (exact) mass is 530 g/mol. The van der Waals surface area contributed by atoms with Crippen molar-refractivity contribution >= 4 is 29.9 Å². The third-order valence-electron chi connectivity index (χ3n) is 5.73. The van der Waals surface area contributed by atoms with Gasteiger partial charge in [-0.25, -0.2) is 0 Å². The number of hydrogen-bond acceptors (Lipinski definition) is 4. The van der Waals surface area contributed by atoms with Crippen LogP contribution in [0.2, 0.25) is 0 Å². The number of guanidine groups is 1. The van der Waals surface area contributed by atoms with Crippen LogP contribution in [-0.2, 0) is 11.3 Å². The van der Waals surface area contributed by atoms with Crippen LogP contribution in [0.5, 0.6) is 5.75 Å². The maximum Gasteiger partial charge on any atom is 0.191 e. The van der Waals surface area contributed by atoms with Crippen molar-refractivity contribution in [2.75, 3.05) is 40.0 Å². The van der Waals surface area contributed by atoms with Crippen molar-refractivity contribution in [3.63, 3.8) is 0 Å². The van der Waals surface area contributed by atoms with E-state index in [0.717, 1.165) is 62.6 Å². The molecule has 0 amide bonds. The number of nitrogens with zero attached hydrogens (tertiary/aromatic N) is 2. The number of hydrogen-bond donors (Lipinski definition) is 2. The lowest BCUT2D eigenvalue weighted by molar-refractivity contribution is 0.166. The summed E-state index contributed by atoms with van der Waals surface area (Å²) in [7, 11) is 1.82. The summed E-state index contributed by atoms with van der Waals surface area (Å²) in [5.41, 5.74) is 2.36. The fraction of sp³-hybridized carbons (Fsp3) is 0.696. The highest BCUT2D eigenvalue weighted by atomic mass is 127. The van der Waals surface area contributed by atoms with Gasteiger partial charge in [0, 0.05) is 56.9 Å². The van der Waals surface area contributed by atoms with Gasteiger partial charge in [-0.1, -0.05) is 12.1 Å². The Kier molecular flexibility index (Phi) is 10.7. The van der Waals surface area contributed by atoms with Crippen LogP contribution in [0.3, 0.4) is 0 Å². The van der Waals surface area contributed by atoms with Crippen LogP contribution in [0.15, 0.2) is 23.2 Å². The molecule has 0 radical (unpaired) electrons. The normalized spacial score (nSPS) is 19.1. The van der Waals surface area contributed by atoms with Gasteiger partial charge in [0.05, 0.1) is 13.2 Å². The van der Waals surface area contributed by atoms with Crippen LogP contribution in [-0.4, -0.2) is 62.9 Å². The van der Waals surface area contributed by atoms with Gasteiger partial charge in [-0.15, -0.1) is 24.0 Å².